The summed E-state index contributed by atoms with van der Waals surface area (Å²) in [6.45, 7) is 9.44. The summed E-state index contributed by atoms with van der Waals surface area (Å²) in [7, 11) is 0. The number of nitrogens with one attached hydrogen (secondary N) is 1. The van der Waals surface area contributed by atoms with Crippen LogP contribution in [0.25, 0.3) is 0 Å². The van der Waals surface area contributed by atoms with Gasteiger partial charge in [-0.25, -0.2) is 9.55 Å². The van der Waals surface area contributed by atoms with E-state index in [4.69, 9.17) is 0 Å². The van der Waals surface area contributed by atoms with E-state index in [1.54, 1.807) is 0 Å². The van der Waals surface area contributed by atoms with Crippen LogP contribution in [0.15, 0.2) is 12.4 Å². The number of rotatable bonds is 26. The number of H-pyrrole nitrogens is 1. The number of aromatic nitrogens is 2. The largest absolute Gasteiger partial charge is 0.257 e. The maximum atomic E-state index is 3.57. The molecule has 1 aromatic rings. The van der Waals surface area contributed by atoms with Crippen LogP contribution in [0.1, 0.15) is 200 Å². The number of hydrogen-bond acceptors (Lipinski definition) is 0. The Hall–Kier alpha value is -0.790. The average molecular weight is 490 g/mol. The van der Waals surface area contributed by atoms with Gasteiger partial charge in [0.2, 0.25) is 0 Å². The van der Waals surface area contributed by atoms with Crippen molar-refractivity contribution < 1.29 is 4.57 Å². The summed E-state index contributed by atoms with van der Waals surface area (Å²) in [4.78, 5) is 3.57. The van der Waals surface area contributed by atoms with Crippen LogP contribution in [0.2, 0.25) is 0 Å². The van der Waals surface area contributed by atoms with Gasteiger partial charge in [-0.1, -0.05) is 156 Å². The van der Waals surface area contributed by atoms with Crippen molar-refractivity contribution in [1.82, 2.24) is 4.98 Å². The van der Waals surface area contributed by atoms with Gasteiger partial charge in [-0.05, 0) is 26.2 Å². The molecule has 35 heavy (non-hydrogen) atoms. The third kappa shape index (κ3) is 17.3. The molecule has 2 unspecified atom stereocenters. The summed E-state index contributed by atoms with van der Waals surface area (Å²) in [6.07, 6.45) is 38.6. The second kappa shape index (κ2) is 23.6. The number of nitrogens with zero attached hydrogens (tertiary/aromatic N) is 1. The van der Waals surface area contributed by atoms with Gasteiger partial charge >= 0.3 is 0 Å². The van der Waals surface area contributed by atoms with Crippen LogP contribution in [0.4, 0.5) is 0 Å². The minimum Gasteiger partial charge on any atom is -0.247 e. The molecular formula is C33H65N2+. The zero-order chi connectivity index (χ0) is 25.4. The van der Waals surface area contributed by atoms with E-state index in [1.807, 2.05) is 0 Å². The molecule has 0 saturated carbocycles. The van der Waals surface area contributed by atoms with Crippen molar-refractivity contribution in [2.45, 2.75) is 194 Å². The summed E-state index contributed by atoms with van der Waals surface area (Å²) in [5.74, 6) is 2.09. The van der Waals surface area contributed by atoms with E-state index in [0.717, 1.165) is 0 Å². The Morgan fingerprint density at radius 1 is 0.543 bits per heavy atom. The fourth-order valence-electron chi connectivity index (χ4n) is 5.63. The van der Waals surface area contributed by atoms with Crippen molar-refractivity contribution in [2.75, 3.05) is 0 Å². The molecule has 1 rings (SSSR count). The van der Waals surface area contributed by atoms with Crippen molar-refractivity contribution in [3.8, 4) is 0 Å². The van der Waals surface area contributed by atoms with Crippen molar-refractivity contribution in [2.24, 2.45) is 0 Å². The van der Waals surface area contributed by atoms with E-state index in [2.05, 4.69) is 49.6 Å². The van der Waals surface area contributed by atoms with Gasteiger partial charge in [0.1, 0.15) is 12.4 Å². The Morgan fingerprint density at radius 3 is 1.34 bits per heavy atom. The van der Waals surface area contributed by atoms with E-state index in [-0.39, 0.29) is 0 Å². The maximum Gasteiger partial charge on any atom is 0.257 e. The van der Waals surface area contributed by atoms with Crippen LogP contribution in [-0.2, 0) is 0 Å². The fraction of sp³-hybridized carbons (Fsp3) is 0.909. The first-order valence-corrected chi connectivity index (χ1v) is 16.3. The molecule has 0 aliphatic rings. The summed E-state index contributed by atoms with van der Waals surface area (Å²) in [5.41, 5.74) is 0. The molecule has 1 heterocycles. The van der Waals surface area contributed by atoms with E-state index in [1.165, 1.54) is 160 Å². The molecular weight excluding hydrogens is 424 g/mol. The van der Waals surface area contributed by atoms with Gasteiger partial charge in [0, 0.05) is 0 Å². The van der Waals surface area contributed by atoms with E-state index >= 15 is 0 Å². The number of aromatic amines is 1. The van der Waals surface area contributed by atoms with Crippen molar-refractivity contribution in [3.05, 3.63) is 18.2 Å². The standard InChI is InChI=1S/C33H64N2/c1-5-7-9-11-13-14-15-16-17-18-19-20-22-24-26-28-32(4)35-30-29-34-33(35)31(3)27-25-23-21-12-10-8-6-2/h29-32H,5-28H2,1-4H3/p+1. The van der Waals surface area contributed by atoms with E-state index in [9.17, 15) is 0 Å². The topological polar surface area (TPSA) is 19.7 Å². The van der Waals surface area contributed by atoms with Crippen LogP contribution < -0.4 is 4.57 Å². The van der Waals surface area contributed by atoms with Crippen LogP contribution in [-0.4, -0.2) is 4.98 Å². The first-order valence-electron chi connectivity index (χ1n) is 16.3. The Kier molecular flexibility index (Phi) is 21.7. The first kappa shape index (κ1) is 32.2. The molecule has 0 saturated heterocycles. The van der Waals surface area contributed by atoms with Crippen molar-refractivity contribution in [3.63, 3.8) is 0 Å². The lowest BCUT2D eigenvalue weighted by Crippen LogP contribution is -2.40. The highest BCUT2D eigenvalue weighted by Gasteiger charge is 2.22. The lowest BCUT2D eigenvalue weighted by Gasteiger charge is -2.14. The first-order chi connectivity index (χ1) is 17.2. The smallest absolute Gasteiger partial charge is 0.247 e. The summed E-state index contributed by atoms with van der Waals surface area (Å²) in [6, 6.07) is 0.620. The molecule has 0 amide bonds. The highest BCUT2D eigenvalue weighted by Crippen LogP contribution is 2.21. The molecule has 2 nitrogen and oxygen atoms in total. The second-order valence-corrected chi connectivity index (χ2v) is 11.7. The lowest BCUT2D eigenvalue weighted by molar-refractivity contribution is -0.727. The predicted octanol–water partition coefficient (Wildman–Crippen LogP) is 11.4. The Balaban J connectivity index is 2.01. The summed E-state index contributed by atoms with van der Waals surface area (Å²) in [5, 5.41) is 0. The number of hydrogen-bond donors (Lipinski definition) is 1. The second-order valence-electron chi connectivity index (χ2n) is 11.7. The molecule has 0 aromatic carbocycles. The SMILES string of the molecule is CCCCCCCCCCCCCCCCCC(C)[n+]1cc[nH]c1C(C)CCCCCCCCC. The van der Waals surface area contributed by atoms with Gasteiger partial charge in [-0.2, -0.15) is 0 Å². The molecule has 0 aliphatic carbocycles. The maximum absolute atomic E-state index is 3.57. The van der Waals surface area contributed by atoms with Gasteiger partial charge in [-0.3, -0.25) is 0 Å². The Labute approximate surface area is 221 Å². The highest BCUT2D eigenvalue weighted by molar-refractivity contribution is 4.87. The highest BCUT2D eigenvalue weighted by atomic mass is 15.1. The van der Waals surface area contributed by atoms with Crippen LogP contribution in [0.5, 0.6) is 0 Å². The monoisotopic (exact) mass is 490 g/mol. The Bertz CT molecular complexity index is 549. The minimum absolute atomic E-state index is 0.620. The van der Waals surface area contributed by atoms with Gasteiger partial charge in [0.15, 0.2) is 0 Å². The molecule has 2 atom stereocenters. The predicted molar refractivity (Wildman–Crippen MR) is 156 cm³/mol. The molecule has 0 fully saturated rings. The molecule has 2 heteroatoms. The van der Waals surface area contributed by atoms with Crippen LogP contribution in [0.3, 0.4) is 0 Å². The number of unbranched alkanes of at least 4 members (excludes halogenated alkanes) is 20. The minimum atomic E-state index is 0.620. The quantitative estimate of drug-likeness (QED) is 0.0985. The zero-order valence-corrected chi connectivity index (χ0v) is 24.7. The molecule has 206 valence electrons. The van der Waals surface area contributed by atoms with Gasteiger partial charge in [0.25, 0.3) is 5.82 Å². The fourth-order valence-corrected chi connectivity index (χ4v) is 5.63. The molecule has 1 aromatic heterocycles. The molecule has 0 radical (unpaired) electrons. The third-order valence-corrected chi connectivity index (χ3v) is 8.15. The third-order valence-electron chi connectivity index (χ3n) is 8.15. The molecule has 0 bridgehead atoms. The van der Waals surface area contributed by atoms with E-state index < -0.39 is 0 Å². The van der Waals surface area contributed by atoms with Gasteiger partial charge in [-0.15, -0.1) is 0 Å². The Morgan fingerprint density at radius 2 is 0.914 bits per heavy atom. The van der Waals surface area contributed by atoms with E-state index in [0.29, 0.717) is 12.0 Å². The van der Waals surface area contributed by atoms with Crippen molar-refractivity contribution >= 4 is 0 Å². The summed E-state index contributed by atoms with van der Waals surface area (Å²) < 4.78 is 2.54. The van der Waals surface area contributed by atoms with Crippen molar-refractivity contribution in [1.29, 1.82) is 0 Å². The van der Waals surface area contributed by atoms with Crippen LogP contribution in [0, 0.1) is 0 Å². The molecule has 1 N–H and O–H groups in total. The molecule has 0 aliphatic heterocycles. The lowest BCUT2D eigenvalue weighted by atomic mass is 10.00. The van der Waals surface area contributed by atoms with Gasteiger partial charge in [0.05, 0.1) is 12.0 Å². The van der Waals surface area contributed by atoms with Crippen LogP contribution >= 0.6 is 0 Å². The number of imidazole rings is 1. The summed E-state index contributed by atoms with van der Waals surface area (Å²) >= 11 is 0. The average Bonchev–Trinajstić information content (AvgIpc) is 3.36. The normalized spacial score (nSPS) is 13.4. The van der Waals surface area contributed by atoms with Gasteiger partial charge < -0.3 is 0 Å². The zero-order valence-electron chi connectivity index (χ0n) is 24.7. The molecule has 0 spiro atoms.